The monoisotopic (exact) mass is 1080 g/mol. The lowest BCUT2D eigenvalue weighted by Gasteiger charge is -2.29. The number of carbonyl (C=O) groups is 1. The van der Waals surface area contributed by atoms with E-state index in [2.05, 4.69) is 43.5 Å². The zero-order valence-corrected chi connectivity index (χ0v) is 51.7. The van der Waals surface area contributed by atoms with Crippen molar-refractivity contribution in [3.05, 3.63) is 36.5 Å². The summed E-state index contributed by atoms with van der Waals surface area (Å²) in [6.07, 6.45) is 75.4. The molecule has 0 aromatic heterocycles. The Morgan fingerprint density at radius 2 is 0.747 bits per heavy atom. The van der Waals surface area contributed by atoms with Gasteiger partial charge >= 0.3 is 0 Å². The van der Waals surface area contributed by atoms with E-state index < -0.39 is 26.6 Å². The van der Waals surface area contributed by atoms with Gasteiger partial charge in [0, 0.05) is 6.42 Å². The molecule has 1 amide bonds. The number of hydrogen-bond acceptors (Lipinski definition) is 6. The average molecular weight is 1080 g/mol. The summed E-state index contributed by atoms with van der Waals surface area (Å²) in [5.41, 5.74) is 0. The van der Waals surface area contributed by atoms with Crippen LogP contribution in [0.4, 0.5) is 0 Å². The first-order chi connectivity index (χ1) is 36.5. The van der Waals surface area contributed by atoms with Crippen LogP contribution in [0.5, 0.6) is 0 Å². The number of aliphatic hydroxyl groups is 1. The number of quaternary nitrogens is 1. The minimum Gasteiger partial charge on any atom is -0.756 e. The maximum atomic E-state index is 13.0. The number of phosphoric acid groups is 1. The summed E-state index contributed by atoms with van der Waals surface area (Å²) < 4.78 is 23.4. The second-order valence-corrected chi connectivity index (χ2v) is 25.2. The van der Waals surface area contributed by atoms with Crippen LogP contribution in [0.1, 0.15) is 328 Å². The highest BCUT2D eigenvalue weighted by Crippen LogP contribution is 2.38. The quantitative estimate of drug-likeness (QED) is 0.0272. The second kappa shape index (κ2) is 57.4. The Labute approximate surface area is 467 Å². The minimum atomic E-state index is -4.61. The van der Waals surface area contributed by atoms with E-state index >= 15 is 0 Å². The number of carbonyl (C=O) groups excluding carboxylic acids is 1. The van der Waals surface area contributed by atoms with Gasteiger partial charge in [0.05, 0.1) is 39.9 Å². The van der Waals surface area contributed by atoms with Gasteiger partial charge in [-0.05, 0) is 44.9 Å². The van der Waals surface area contributed by atoms with Crippen molar-refractivity contribution in [2.45, 2.75) is 341 Å². The van der Waals surface area contributed by atoms with Gasteiger partial charge in [0.15, 0.2) is 0 Å². The molecule has 8 nitrogen and oxygen atoms in total. The number of nitrogens with zero attached hydrogens (tertiary/aromatic N) is 1. The molecule has 9 heteroatoms. The number of phosphoric ester groups is 1. The Kier molecular flexibility index (Phi) is 56.4. The Bertz CT molecular complexity index is 1320. The molecule has 0 rings (SSSR count). The standard InChI is InChI=1S/C66H129N2O6P/c1-6-8-10-12-14-16-18-20-22-24-26-28-30-32-33-34-36-37-39-41-43-45-47-49-51-53-55-57-59-65(69)64(63-74-75(71,72)73-62-61-68(3,4)5)67-66(70)60-58-56-54-52-50-48-46-44-42-40-38-35-31-29-27-25-23-21-19-17-15-13-11-9-7-2/h41,43,49,51,57,59,64-65,69H,6-40,42,44-48,50,52-56,58,60-63H2,1-5H3,(H-,67,70,71,72)/b43-41+,51-49+,59-57+. The molecule has 0 radical (unpaired) electrons. The number of nitrogens with one attached hydrogen (secondary N) is 1. The fourth-order valence-corrected chi connectivity index (χ4v) is 10.7. The van der Waals surface area contributed by atoms with Gasteiger partial charge in [-0.1, -0.05) is 314 Å². The van der Waals surface area contributed by atoms with Gasteiger partial charge in [-0.25, -0.2) is 0 Å². The van der Waals surface area contributed by atoms with E-state index in [0.29, 0.717) is 17.4 Å². The highest BCUT2D eigenvalue weighted by Gasteiger charge is 2.23. The third kappa shape index (κ3) is 60.2. The van der Waals surface area contributed by atoms with Gasteiger partial charge in [0.25, 0.3) is 7.82 Å². The summed E-state index contributed by atoms with van der Waals surface area (Å²) in [7, 11) is 1.25. The number of rotatable bonds is 61. The smallest absolute Gasteiger partial charge is 0.268 e. The summed E-state index contributed by atoms with van der Waals surface area (Å²) in [6, 6.07) is -0.909. The molecule has 0 heterocycles. The van der Waals surface area contributed by atoms with E-state index in [9.17, 15) is 19.4 Å². The van der Waals surface area contributed by atoms with Crippen molar-refractivity contribution in [3.8, 4) is 0 Å². The maximum Gasteiger partial charge on any atom is 0.268 e. The SMILES string of the molecule is CCCCCCCCCCCCCCCCCCCC/C=C/CC/C=C/CC/C=C/C(O)C(COP(=O)([O-])OCC[N+](C)(C)C)NC(=O)CCCCCCCCCCCCCCCCCCCCCCCCCCC. The summed E-state index contributed by atoms with van der Waals surface area (Å²) in [4.78, 5) is 25.6. The molecule has 0 bridgehead atoms. The first-order valence-corrected chi connectivity index (χ1v) is 34.3. The molecule has 0 saturated carbocycles. The number of hydrogen-bond donors (Lipinski definition) is 2. The Balaban J connectivity index is 4.16. The Morgan fingerprint density at radius 3 is 1.08 bits per heavy atom. The number of amides is 1. The van der Waals surface area contributed by atoms with Crippen molar-refractivity contribution in [1.82, 2.24) is 5.32 Å². The molecular formula is C66H129N2O6P. The normalized spacial score (nSPS) is 14.0. The van der Waals surface area contributed by atoms with E-state index in [0.717, 1.165) is 44.9 Å². The van der Waals surface area contributed by atoms with E-state index in [1.807, 2.05) is 27.2 Å². The average Bonchev–Trinajstić information content (AvgIpc) is 3.37. The van der Waals surface area contributed by atoms with E-state index in [4.69, 9.17) is 9.05 Å². The summed E-state index contributed by atoms with van der Waals surface area (Å²) in [6.45, 7) is 4.68. The first-order valence-electron chi connectivity index (χ1n) is 32.9. The van der Waals surface area contributed by atoms with Crippen LogP contribution in [-0.4, -0.2) is 68.5 Å². The molecule has 75 heavy (non-hydrogen) atoms. The lowest BCUT2D eigenvalue weighted by Crippen LogP contribution is -2.45. The predicted octanol–water partition coefficient (Wildman–Crippen LogP) is 19.9. The lowest BCUT2D eigenvalue weighted by atomic mass is 10.0. The molecule has 2 N–H and O–H groups in total. The molecule has 0 aromatic rings. The van der Waals surface area contributed by atoms with Crippen LogP contribution >= 0.6 is 7.82 Å². The van der Waals surface area contributed by atoms with Crippen molar-refractivity contribution < 1.29 is 32.9 Å². The molecule has 3 unspecified atom stereocenters. The number of aliphatic hydroxyl groups excluding tert-OH is 1. The van der Waals surface area contributed by atoms with E-state index in [1.165, 1.54) is 263 Å². The van der Waals surface area contributed by atoms with E-state index in [-0.39, 0.29) is 12.5 Å². The Hall–Kier alpha value is -1.28. The topological polar surface area (TPSA) is 108 Å². The van der Waals surface area contributed by atoms with Gasteiger partial charge in [-0.3, -0.25) is 9.36 Å². The number of likely N-dealkylation sites (N-methyl/N-ethyl adjacent to an activating group) is 1. The first kappa shape index (κ1) is 73.7. The molecular weight excluding hydrogens is 948 g/mol. The van der Waals surface area contributed by atoms with E-state index in [1.54, 1.807) is 6.08 Å². The molecule has 0 aliphatic rings. The second-order valence-electron chi connectivity index (χ2n) is 23.8. The highest BCUT2D eigenvalue weighted by molar-refractivity contribution is 7.45. The molecule has 0 spiro atoms. The third-order valence-electron chi connectivity index (χ3n) is 15.1. The molecule has 0 aromatic carbocycles. The lowest BCUT2D eigenvalue weighted by molar-refractivity contribution is -0.870. The molecule has 0 fully saturated rings. The van der Waals surface area contributed by atoms with Crippen molar-refractivity contribution in [2.24, 2.45) is 0 Å². The molecule has 0 saturated heterocycles. The van der Waals surface area contributed by atoms with Gasteiger partial charge in [0.1, 0.15) is 13.2 Å². The minimum absolute atomic E-state index is 0.00716. The van der Waals surface area contributed by atoms with Crippen LogP contribution in [0.25, 0.3) is 0 Å². The largest absolute Gasteiger partial charge is 0.756 e. The zero-order chi connectivity index (χ0) is 54.9. The van der Waals surface area contributed by atoms with Crippen LogP contribution in [0.2, 0.25) is 0 Å². The molecule has 0 aliphatic heterocycles. The maximum absolute atomic E-state index is 13.0. The molecule has 0 aliphatic carbocycles. The van der Waals surface area contributed by atoms with Crippen LogP contribution in [0.15, 0.2) is 36.5 Å². The zero-order valence-electron chi connectivity index (χ0n) is 50.8. The van der Waals surface area contributed by atoms with Crippen LogP contribution < -0.4 is 10.2 Å². The summed E-state index contributed by atoms with van der Waals surface area (Å²) in [5.74, 6) is -0.204. The number of unbranched alkanes of at least 4 members (excludes halogenated alkanes) is 44. The van der Waals surface area contributed by atoms with Gasteiger partial charge in [0.2, 0.25) is 5.91 Å². The van der Waals surface area contributed by atoms with Crippen LogP contribution in [0, 0.1) is 0 Å². The van der Waals surface area contributed by atoms with Gasteiger partial charge in [-0.2, -0.15) is 0 Å². The fraction of sp³-hybridized carbons (Fsp3) is 0.894. The van der Waals surface area contributed by atoms with Gasteiger partial charge < -0.3 is 28.8 Å². The Morgan fingerprint density at radius 1 is 0.453 bits per heavy atom. The van der Waals surface area contributed by atoms with Crippen molar-refractivity contribution in [2.75, 3.05) is 40.9 Å². The summed E-state index contributed by atoms with van der Waals surface area (Å²) in [5, 5.41) is 13.9. The molecule has 444 valence electrons. The van der Waals surface area contributed by atoms with Crippen molar-refractivity contribution in [3.63, 3.8) is 0 Å². The van der Waals surface area contributed by atoms with Crippen LogP contribution in [0.3, 0.4) is 0 Å². The van der Waals surface area contributed by atoms with Gasteiger partial charge in [-0.15, -0.1) is 0 Å². The van der Waals surface area contributed by atoms with Crippen molar-refractivity contribution in [1.29, 1.82) is 0 Å². The highest BCUT2D eigenvalue weighted by atomic mass is 31.2. The van der Waals surface area contributed by atoms with Crippen LogP contribution in [-0.2, 0) is 18.4 Å². The number of allylic oxidation sites excluding steroid dienone is 5. The predicted molar refractivity (Wildman–Crippen MR) is 325 cm³/mol. The fourth-order valence-electron chi connectivity index (χ4n) is 9.95. The molecule has 3 atom stereocenters. The third-order valence-corrected chi connectivity index (χ3v) is 16.0. The van der Waals surface area contributed by atoms with Crippen molar-refractivity contribution >= 4 is 13.7 Å². The summed E-state index contributed by atoms with van der Waals surface area (Å²) >= 11 is 0.